The molecule has 9 nitrogen and oxygen atoms in total. The number of nitrogens with one attached hydrogen (secondary N) is 2. The second-order valence-corrected chi connectivity index (χ2v) is 6.28. The van der Waals surface area contributed by atoms with Crippen molar-refractivity contribution in [2.24, 2.45) is 10.7 Å². The number of aliphatic imine (C=N–C) groups is 1. The molecule has 0 unspecified atom stereocenters. The molecule has 2 heterocycles. The molecule has 3 aromatic rings. The average Bonchev–Trinajstić information content (AvgIpc) is 3.09. The number of anilines is 2. The molecule has 0 fully saturated rings. The second kappa shape index (κ2) is 8.70. The molecule has 0 aliphatic rings. The minimum absolute atomic E-state index is 0. The van der Waals surface area contributed by atoms with Crippen molar-refractivity contribution in [1.82, 2.24) is 14.5 Å². The maximum atomic E-state index is 11.6. The van der Waals surface area contributed by atoms with E-state index in [2.05, 4.69) is 38.2 Å². The smallest absolute Gasteiger partial charge is 0.247 e. The molecule has 0 aliphatic heterocycles. The van der Waals surface area contributed by atoms with Crippen molar-refractivity contribution in [3.05, 3.63) is 66.3 Å². The summed E-state index contributed by atoms with van der Waals surface area (Å²) in [5.74, 6) is 0.403. The molecule has 2 aromatic heterocycles. The number of benzene rings is 1. The van der Waals surface area contributed by atoms with Crippen LogP contribution in [0.2, 0.25) is 0 Å². The van der Waals surface area contributed by atoms with Crippen LogP contribution in [0.4, 0.5) is 11.6 Å². The number of amides is 1. The lowest BCUT2D eigenvalue weighted by atomic mass is 10.1. The van der Waals surface area contributed by atoms with E-state index in [1.807, 2.05) is 29.8 Å². The van der Waals surface area contributed by atoms with E-state index in [4.69, 9.17) is 5.73 Å². The summed E-state index contributed by atoms with van der Waals surface area (Å²) in [6, 6.07) is 7.62. The van der Waals surface area contributed by atoms with Gasteiger partial charge in [0, 0.05) is 39.6 Å². The van der Waals surface area contributed by atoms with Gasteiger partial charge in [-0.05, 0) is 36.8 Å². The highest BCUT2D eigenvalue weighted by molar-refractivity contribution is 6.00. The van der Waals surface area contributed by atoms with Crippen molar-refractivity contribution < 1.29 is 7.65 Å². The third-order valence-electron chi connectivity index (χ3n) is 4.28. The Morgan fingerprint density at radius 3 is 2.90 bits per heavy atom. The minimum atomic E-state index is -0.288. The number of nitrogens with zero attached hydrogens (tertiary/aromatic N) is 5. The normalized spacial score (nSPS) is 11.4. The van der Waals surface area contributed by atoms with Crippen LogP contribution in [0.3, 0.4) is 0 Å². The molecule has 0 atom stereocenters. The zero-order valence-electron chi connectivity index (χ0n) is 16.5. The Bertz CT molecular complexity index is 1240. The van der Waals surface area contributed by atoms with Crippen LogP contribution in [0.15, 0.2) is 60.1 Å². The van der Waals surface area contributed by atoms with Crippen LogP contribution in [-0.2, 0) is 4.79 Å². The van der Waals surface area contributed by atoms with Crippen LogP contribution in [0, 0.1) is 18.3 Å². The first kappa shape index (κ1) is 20.3. The van der Waals surface area contributed by atoms with Gasteiger partial charge in [-0.3, -0.25) is 14.4 Å². The summed E-state index contributed by atoms with van der Waals surface area (Å²) in [6.07, 6.45) is 7.42. The Morgan fingerprint density at radius 1 is 1.43 bits per heavy atom. The van der Waals surface area contributed by atoms with Gasteiger partial charge in [0.1, 0.15) is 11.6 Å². The standard InChI is InChI=1S/C21H20N8O.2H2/c1-4-19(30)26-15-5-6-18-17(7-15)13(2)12-29(18)20-14(8-22)10-25-21(28-20)27-16(9-23)11-24-3;;/h4-7,9-12H,1,23H2,2-3H3,(H,26,30)(H,25,27,28);2*1H/b16-9+,24-11?;;. The van der Waals surface area contributed by atoms with Crippen LogP contribution >= 0.6 is 0 Å². The summed E-state index contributed by atoms with van der Waals surface area (Å²) in [6.45, 7) is 5.40. The van der Waals surface area contributed by atoms with Crippen LogP contribution in [0.1, 0.15) is 14.0 Å². The number of carbonyl (C=O) groups excluding carboxylic acids is 1. The highest BCUT2D eigenvalue weighted by Crippen LogP contribution is 2.28. The first-order valence-electron chi connectivity index (χ1n) is 8.94. The zero-order chi connectivity index (χ0) is 21.7. The Labute approximate surface area is 176 Å². The molecule has 1 amide bonds. The van der Waals surface area contributed by atoms with Gasteiger partial charge in [-0.1, -0.05) is 6.58 Å². The molecule has 3 rings (SSSR count). The topological polar surface area (TPSA) is 134 Å². The Hall–Kier alpha value is -4.45. The van der Waals surface area contributed by atoms with Gasteiger partial charge >= 0.3 is 0 Å². The maximum absolute atomic E-state index is 11.6. The largest absolute Gasteiger partial charge is 0.403 e. The summed E-state index contributed by atoms with van der Waals surface area (Å²) >= 11 is 0. The first-order chi connectivity index (χ1) is 14.5. The number of hydrogen-bond acceptors (Lipinski definition) is 7. The van der Waals surface area contributed by atoms with Gasteiger partial charge in [0.25, 0.3) is 0 Å². The van der Waals surface area contributed by atoms with Crippen LogP contribution in [-0.4, -0.2) is 33.7 Å². The Kier molecular flexibility index (Phi) is 5.89. The highest BCUT2D eigenvalue weighted by Gasteiger charge is 2.15. The average molecular weight is 404 g/mol. The predicted octanol–water partition coefficient (Wildman–Crippen LogP) is 3.13. The molecule has 4 N–H and O–H groups in total. The lowest BCUT2D eigenvalue weighted by Crippen LogP contribution is -2.10. The molecule has 0 aliphatic carbocycles. The third kappa shape index (κ3) is 4.02. The van der Waals surface area contributed by atoms with Gasteiger partial charge in [0.2, 0.25) is 11.9 Å². The number of carbonyl (C=O) groups is 1. The number of aryl methyl sites for hydroxylation is 1. The summed E-state index contributed by atoms with van der Waals surface area (Å²) in [4.78, 5) is 24.2. The van der Waals surface area contributed by atoms with Gasteiger partial charge in [-0.2, -0.15) is 10.2 Å². The Balaban J connectivity index is 0.00000256. The summed E-state index contributed by atoms with van der Waals surface area (Å²) in [5.41, 5.74) is 8.84. The highest BCUT2D eigenvalue weighted by atomic mass is 16.1. The molecule has 9 heteroatoms. The quantitative estimate of drug-likeness (QED) is 0.427. The van der Waals surface area contributed by atoms with Crippen molar-refractivity contribution >= 4 is 34.7 Å². The molecule has 0 saturated heterocycles. The van der Waals surface area contributed by atoms with E-state index in [1.165, 1.54) is 24.7 Å². The number of aromatic nitrogens is 3. The Morgan fingerprint density at radius 2 is 2.23 bits per heavy atom. The zero-order valence-corrected chi connectivity index (χ0v) is 16.5. The van der Waals surface area contributed by atoms with Crippen LogP contribution < -0.4 is 16.4 Å². The van der Waals surface area contributed by atoms with E-state index in [0.29, 0.717) is 22.8 Å². The van der Waals surface area contributed by atoms with Crippen LogP contribution in [0.25, 0.3) is 16.7 Å². The number of nitrogens with two attached hydrogens (primary N) is 1. The molecule has 30 heavy (non-hydrogen) atoms. The lowest BCUT2D eigenvalue weighted by molar-refractivity contribution is -0.111. The second-order valence-electron chi connectivity index (χ2n) is 6.28. The number of rotatable bonds is 6. The van der Waals surface area contributed by atoms with Crippen molar-refractivity contribution in [3.63, 3.8) is 0 Å². The van der Waals surface area contributed by atoms with Crippen molar-refractivity contribution in [2.45, 2.75) is 6.92 Å². The van der Waals surface area contributed by atoms with Gasteiger partial charge in [0.15, 0.2) is 5.82 Å². The van der Waals surface area contributed by atoms with E-state index in [0.717, 1.165) is 16.5 Å². The van der Waals surface area contributed by atoms with E-state index < -0.39 is 0 Å². The van der Waals surface area contributed by atoms with Gasteiger partial charge < -0.3 is 16.4 Å². The predicted molar refractivity (Wildman–Crippen MR) is 122 cm³/mol. The number of nitriles is 1. The fourth-order valence-electron chi connectivity index (χ4n) is 2.92. The van der Waals surface area contributed by atoms with E-state index in [1.54, 1.807) is 13.1 Å². The molecule has 0 spiro atoms. The fraction of sp³-hybridized carbons (Fsp3) is 0.0952. The third-order valence-corrected chi connectivity index (χ3v) is 4.28. The molecule has 1 aromatic carbocycles. The molecular formula is C21H24N8O. The summed E-state index contributed by atoms with van der Waals surface area (Å²) in [5, 5.41) is 16.2. The van der Waals surface area contributed by atoms with Gasteiger partial charge in [0.05, 0.1) is 17.4 Å². The van der Waals surface area contributed by atoms with Crippen LogP contribution in [0.5, 0.6) is 0 Å². The SMILES string of the molecule is C=CC(=O)Nc1ccc2c(c1)c(C)cn2-c1nc(N/C(C=NC)=C/N)ncc1C#N.[HH].[HH]. The molecular weight excluding hydrogens is 380 g/mol. The lowest BCUT2D eigenvalue weighted by Gasteiger charge is -2.10. The van der Waals surface area contributed by atoms with Crippen molar-refractivity contribution in [1.29, 1.82) is 5.26 Å². The van der Waals surface area contributed by atoms with Crippen molar-refractivity contribution in [2.75, 3.05) is 17.7 Å². The van der Waals surface area contributed by atoms with E-state index >= 15 is 0 Å². The molecule has 0 saturated carbocycles. The monoisotopic (exact) mass is 404 g/mol. The fourth-order valence-corrected chi connectivity index (χ4v) is 2.92. The van der Waals surface area contributed by atoms with Gasteiger partial charge in [-0.25, -0.2) is 4.98 Å². The number of hydrogen-bond donors (Lipinski definition) is 3. The first-order valence-corrected chi connectivity index (χ1v) is 8.94. The molecule has 0 radical (unpaired) electrons. The van der Waals surface area contributed by atoms with E-state index in [-0.39, 0.29) is 14.7 Å². The summed E-state index contributed by atoms with van der Waals surface area (Å²) in [7, 11) is 1.62. The minimum Gasteiger partial charge on any atom is -0.403 e. The van der Waals surface area contributed by atoms with Gasteiger partial charge in [-0.15, -0.1) is 0 Å². The molecule has 0 bridgehead atoms. The number of allylic oxidation sites excluding steroid dienone is 1. The number of fused-ring (bicyclic) bond motifs is 1. The summed E-state index contributed by atoms with van der Waals surface area (Å²) < 4.78 is 1.81. The molecule has 154 valence electrons. The maximum Gasteiger partial charge on any atom is 0.247 e. The van der Waals surface area contributed by atoms with Crippen molar-refractivity contribution in [3.8, 4) is 11.9 Å². The van der Waals surface area contributed by atoms with E-state index in [9.17, 15) is 10.1 Å².